The van der Waals surface area contributed by atoms with Gasteiger partial charge in [0.25, 0.3) is 0 Å². The van der Waals surface area contributed by atoms with Crippen LogP contribution in [0.1, 0.15) is 12.1 Å². The first-order valence-electron chi connectivity index (χ1n) is 8.64. The van der Waals surface area contributed by atoms with Gasteiger partial charge < -0.3 is 19.8 Å². The maximum Gasteiger partial charge on any atom is 0.232 e. The van der Waals surface area contributed by atoms with E-state index >= 15 is 0 Å². The van der Waals surface area contributed by atoms with Gasteiger partial charge in [0, 0.05) is 34.5 Å². The molecule has 4 rings (SSSR count). The van der Waals surface area contributed by atoms with Crippen molar-refractivity contribution in [3.05, 3.63) is 41.3 Å². The highest BCUT2D eigenvalue weighted by Gasteiger charge is 2.21. The molecule has 2 aromatic heterocycles. The third-order valence-electron chi connectivity index (χ3n) is 4.53. The molecule has 1 aliphatic rings. The Labute approximate surface area is 161 Å². The van der Waals surface area contributed by atoms with Crippen LogP contribution in [0.15, 0.2) is 30.6 Å². The van der Waals surface area contributed by atoms with E-state index in [-0.39, 0.29) is 5.91 Å². The molecule has 1 fully saturated rings. The van der Waals surface area contributed by atoms with Gasteiger partial charge in [0.2, 0.25) is 11.8 Å². The number of rotatable bonds is 6. The molecule has 1 amide bonds. The van der Waals surface area contributed by atoms with E-state index in [0.717, 1.165) is 22.2 Å². The van der Waals surface area contributed by atoms with Gasteiger partial charge in [-0.3, -0.25) is 4.79 Å². The summed E-state index contributed by atoms with van der Waals surface area (Å²) in [5.74, 6) is 0.830. The molecule has 140 valence electrons. The molecule has 27 heavy (non-hydrogen) atoms. The fourth-order valence-corrected chi connectivity index (χ4v) is 3.26. The van der Waals surface area contributed by atoms with Crippen LogP contribution in [0.4, 0.5) is 0 Å². The van der Waals surface area contributed by atoms with Crippen LogP contribution < -0.4 is 10.1 Å². The minimum atomic E-state index is 0.0363. The van der Waals surface area contributed by atoms with E-state index in [1.54, 1.807) is 19.5 Å². The van der Waals surface area contributed by atoms with E-state index in [2.05, 4.69) is 20.3 Å². The third-order valence-corrected chi connectivity index (χ3v) is 4.85. The first-order chi connectivity index (χ1) is 13.1. The molecule has 0 radical (unpaired) electrons. The summed E-state index contributed by atoms with van der Waals surface area (Å²) in [5, 5.41) is 4.50. The van der Waals surface area contributed by atoms with E-state index < -0.39 is 0 Å². The highest BCUT2D eigenvalue weighted by Crippen LogP contribution is 2.31. The monoisotopic (exact) mass is 386 g/mol. The van der Waals surface area contributed by atoms with Gasteiger partial charge in [0.15, 0.2) is 0 Å². The van der Waals surface area contributed by atoms with Crippen molar-refractivity contribution in [2.45, 2.75) is 13.0 Å². The summed E-state index contributed by atoms with van der Waals surface area (Å²) < 4.78 is 10.1. The summed E-state index contributed by atoms with van der Waals surface area (Å²) >= 11 is 6.43. The van der Waals surface area contributed by atoms with Gasteiger partial charge >= 0.3 is 0 Å². The first-order valence-corrected chi connectivity index (χ1v) is 9.02. The van der Waals surface area contributed by atoms with Crippen LogP contribution in [-0.2, 0) is 16.1 Å². The first kappa shape index (κ1) is 17.8. The molecule has 7 nitrogen and oxygen atoms in total. The molecule has 2 N–H and O–H groups in total. The number of amides is 1. The maximum absolute atomic E-state index is 12.0. The number of aromatic nitrogens is 3. The molecule has 0 aliphatic carbocycles. The van der Waals surface area contributed by atoms with E-state index in [0.29, 0.717) is 48.7 Å². The summed E-state index contributed by atoms with van der Waals surface area (Å²) in [6.45, 7) is 1.79. The second-order valence-corrected chi connectivity index (χ2v) is 6.95. The second-order valence-electron chi connectivity index (χ2n) is 6.54. The lowest BCUT2D eigenvalue weighted by Gasteiger charge is -2.25. The van der Waals surface area contributed by atoms with Crippen molar-refractivity contribution in [2.24, 2.45) is 5.92 Å². The van der Waals surface area contributed by atoms with Gasteiger partial charge in [0.05, 0.1) is 50.0 Å². The Hall–Kier alpha value is -2.64. The molecule has 8 heteroatoms. The molecule has 1 aliphatic heterocycles. The number of halogens is 1. The number of fused-ring (bicyclic) bond motifs is 1. The number of nitrogens with one attached hydrogen (secondary N) is 2. The van der Waals surface area contributed by atoms with Gasteiger partial charge in [0.1, 0.15) is 0 Å². The Bertz CT molecular complexity index is 967. The predicted octanol–water partition coefficient (Wildman–Crippen LogP) is 2.94. The second kappa shape index (κ2) is 7.54. The zero-order chi connectivity index (χ0) is 18.8. The molecule has 0 spiro atoms. The summed E-state index contributed by atoms with van der Waals surface area (Å²) in [6.07, 6.45) is 3.69. The van der Waals surface area contributed by atoms with Crippen molar-refractivity contribution >= 4 is 28.4 Å². The fourth-order valence-electron chi connectivity index (χ4n) is 3.00. The van der Waals surface area contributed by atoms with Gasteiger partial charge in [-0.1, -0.05) is 11.6 Å². The van der Waals surface area contributed by atoms with Crippen LogP contribution in [0, 0.1) is 5.92 Å². The van der Waals surface area contributed by atoms with Crippen molar-refractivity contribution in [3.63, 3.8) is 0 Å². The Morgan fingerprint density at radius 1 is 1.33 bits per heavy atom. The number of hydrogen-bond donors (Lipinski definition) is 2. The number of benzene rings is 1. The molecule has 1 aromatic carbocycles. The number of aromatic amines is 1. The van der Waals surface area contributed by atoms with Gasteiger partial charge in [-0.2, -0.15) is 0 Å². The van der Waals surface area contributed by atoms with Crippen LogP contribution >= 0.6 is 11.6 Å². The van der Waals surface area contributed by atoms with Crippen LogP contribution in [0.25, 0.3) is 22.2 Å². The summed E-state index contributed by atoms with van der Waals surface area (Å²) in [4.78, 5) is 23.8. The van der Waals surface area contributed by atoms with Crippen molar-refractivity contribution in [3.8, 4) is 17.1 Å². The van der Waals surface area contributed by atoms with E-state index in [1.165, 1.54) is 0 Å². The predicted molar refractivity (Wildman–Crippen MR) is 102 cm³/mol. The third kappa shape index (κ3) is 3.89. The SMILES string of the molecule is COc1cnc(-c2cc3[nH]c(CNC(=O)CC4COC4)cc3cc2Cl)cn1. The van der Waals surface area contributed by atoms with E-state index in [9.17, 15) is 4.79 Å². The number of ether oxygens (including phenoxy) is 2. The molecule has 0 saturated carbocycles. The fraction of sp³-hybridized carbons (Fsp3) is 0.316. The minimum Gasteiger partial charge on any atom is -0.480 e. The van der Waals surface area contributed by atoms with Crippen molar-refractivity contribution in [1.29, 1.82) is 0 Å². The standard InChI is InChI=1S/C19H19ClN4O3/c1-26-19-8-21-17(7-23-19)14-5-16-12(4-15(14)20)3-13(24-16)6-22-18(25)2-11-9-27-10-11/h3-5,7-8,11,24H,2,6,9-10H2,1H3,(H,22,25). The Morgan fingerprint density at radius 2 is 2.19 bits per heavy atom. The van der Waals surface area contributed by atoms with Crippen molar-refractivity contribution in [2.75, 3.05) is 20.3 Å². The van der Waals surface area contributed by atoms with Crippen LogP contribution in [0.3, 0.4) is 0 Å². The number of carbonyl (C=O) groups excluding carboxylic acids is 1. The maximum atomic E-state index is 12.0. The largest absolute Gasteiger partial charge is 0.480 e. The topological polar surface area (TPSA) is 89.1 Å². The highest BCUT2D eigenvalue weighted by atomic mass is 35.5. The summed E-state index contributed by atoms with van der Waals surface area (Å²) in [7, 11) is 1.54. The van der Waals surface area contributed by atoms with Crippen LogP contribution in [-0.4, -0.2) is 41.2 Å². The number of carbonyl (C=O) groups is 1. The Kier molecular flexibility index (Phi) is 4.96. The lowest BCUT2D eigenvalue weighted by Crippen LogP contribution is -2.34. The minimum absolute atomic E-state index is 0.0363. The Morgan fingerprint density at radius 3 is 2.85 bits per heavy atom. The number of H-pyrrole nitrogens is 1. The van der Waals surface area contributed by atoms with Crippen molar-refractivity contribution < 1.29 is 14.3 Å². The smallest absolute Gasteiger partial charge is 0.232 e. The Balaban J connectivity index is 1.50. The normalized spacial score (nSPS) is 14.1. The molecular formula is C19H19ClN4O3. The molecular weight excluding hydrogens is 368 g/mol. The lowest BCUT2D eigenvalue weighted by atomic mass is 10.0. The zero-order valence-corrected chi connectivity index (χ0v) is 15.5. The van der Waals surface area contributed by atoms with Crippen LogP contribution in [0.2, 0.25) is 5.02 Å². The molecule has 0 atom stereocenters. The van der Waals surface area contributed by atoms with Gasteiger partial charge in [-0.05, 0) is 18.2 Å². The van der Waals surface area contributed by atoms with Gasteiger partial charge in [-0.25, -0.2) is 9.97 Å². The lowest BCUT2D eigenvalue weighted by molar-refractivity contribution is -0.126. The van der Waals surface area contributed by atoms with E-state index in [4.69, 9.17) is 21.1 Å². The average Bonchev–Trinajstić information content (AvgIpc) is 3.04. The summed E-state index contributed by atoms with van der Waals surface area (Å²) in [6, 6.07) is 5.80. The number of hydrogen-bond acceptors (Lipinski definition) is 5. The molecule has 3 heterocycles. The quantitative estimate of drug-likeness (QED) is 0.679. The number of nitrogens with zero attached hydrogens (tertiary/aromatic N) is 2. The molecule has 3 aromatic rings. The number of methoxy groups -OCH3 is 1. The van der Waals surface area contributed by atoms with Gasteiger partial charge in [-0.15, -0.1) is 0 Å². The average molecular weight is 387 g/mol. The van der Waals surface area contributed by atoms with Crippen molar-refractivity contribution in [1.82, 2.24) is 20.3 Å². The molecule has 1 saturated heterocycles. The van der Waals surface area contributed by atoms with E-state index in [1.807, 2.05) is 18.2 Å². The highest BCUT2D eigenvalue weighted by molar-refractivity contribution is 6.34. The summed E-state index contributed by atoms with van der Waals surface area (Å²) in [5.41, 5.74) is 3.28. The van der Waals surface area contributed by atoms with Crippen LogP contribution in [0.5, 0.6) is 5.88 Å². The zero-order valence-electron chi connectivity index (χ0n) is 14.8. The molecule has 0 bridgehead atoms. The molecule has 0 unspecified atom stereocenters.